The third-order valence-electron chi connectivity index (χ3n) is 24.6. The Kier molecular flexibility index (Phi) is 30.7. The van der Waals surface area contributed by atoms with Crippen molar-refractivity contribution in [1.82, 2.24) is 74.3 Å². The molecule has 32 heteroatoms. The summed E-state index contributed by atoms with van der Waals surface area (Å²) in [5.41, 5.74) is 11.7. The van der Waals surface area contributed by atoms with Crippen molar-refractivity contribution in [3.05, 3.63) is 385 Å². The molecule has 8 aromatic carbocycles. The second kappa shape index (κ2) is 43.5. The van der Waals surface area contributed by atoms with Crippen LogP contribution in [0.15, 0.2) is 308 Å². The van der Waals surface area contributed by atoms with Gasteiger partial charge in [-0.2, -0.15) is 0 Å². The summed E-state index contributed by atoms with van der Waals surface area (Å²) in [6.07, 6.45) is 15.2. The highest BCUT2D eigenvalue weighted by molar-refractivity contribution is 7.71. The van der Waals surface area contributed by atoms with E-state index >= 15 is 0 Å². The maximum atomic E-state index is 13.8. The number of hydrogen-bond donors (Lipinski definition) is 5. The van der Waals surface area contributed by atoms with E-state index < -0.39 is 17.7 Å². The van der Waals surface area contributed by atoms with Crippen LogP contribution in [0.5, 0.6) is 0 Å². The topological polar surface area (TPSA) is 294 Å². The predicted octanol–water partition coefficient (Wildman–Crippen LogP) is 18.9. The van der Waals surface area contributed by atoms with E-state index in [9.17, 15) is 47.4 Å². The molecule has 10 aromatic heterocycles. The van der Waals surface area contributed by atoms with Crippen molar-refractivity contribution < 1.29 is 13.9 Å². The number of alkyl halides is 2. The summed E-state index contributed by atoms with van der Waals surface area (Å²) >= 11 is 5.77. The maximum Gasteiger partial charge on any atom is 0.331 e. The van der Waals surface area contributed by atoms with Crippen molar-refractivity contribution in [3.63, 3.8) is 0 Å². The Morgan fingerprint density at radius 1 is 0.433 bits per heavy atom. The van der Waals surface area contributed by atoms with Gasteiger partial charge in [0, 0.05) is 189 Å². The lowest BCUT2D eigenvalue weighted by atomic mass is 10.1. The van der Waals surface area contributed by atoms with Crippen LogP contribution in [-0.2, 0) is 85.8 Å². The van der Waals surface area contributed by atoms with Gasteiger partial charge in [-0.1, -0.05) is 206 Å². The minimum absolute atomic E-state index is 0.0538. The fraction of sp³-hybridized carbons (Fsp3) is 0.275. The van der Waals surface area contributed by atoms with Crippen molar-refractivity contribution in [2.75, 3.05) is 46.9 Å². The number of imidazole rings is 1. The molecule has 728 valence electrons. The number of hydrogen-bond acceptors (Lipinski definition) is 17. The Morgan fingerprint density at radius 3 is 1.30 bits per heavy atom. The van der Waals surface area contributed by atoms with Crippen LogP contribution in [0.3, 0.4) is 0 Å². The third kappa shape index (κ3) is 21.9. The molecule has 0 fully saturated rings. The van der Waals surface area contributed by atoms with Crippen LogP contribution in [0.2, 0.25) is 0 Å². The summed E-state index contributed by atoms with van der Waals surface area (Å²) in [6.45, 7) is 22.6. The first-order valence-electron chi connectivity index (χ1n) is 47.2. The molecule has 10 heterocycles. The second-order valence-corrected chi connectivity index (χ2v) is 37.1. The van der Waals surface area contributed by atoms with Gasteiger partial charge in [-0.05, 0) is 139 Å². The van der Waals surface area contributed by atoms with Gasteiger partial charge in [0.2, 0.25) is 0 Å². The molecule has 0 radical (unpaired) electrons. The number of aliphatic hydroxyl groups is 1. The number of aliphatic hydroxyl groups excluding tert-OH is 1. The van der Waals surface area contributed by atoms with Gasteiger partial charge in [0.25, 0.3) is 22.6 Å². The zero-order valence-electron chi connectivity index (χ0n) is 81.9. The molecule has 141 heavy (non-hydrogen) atoms. The lowest BCUT2D eigenvalue weighted by Crippen LogP contribution is -2.40. The fourth-order valence-corrected chi connectivity index (χ4v) is 17.8. The number of fused-ring (bicyclic) bond motifs is 4. The van der Waals surface area contributed by atoms with E-state index in [-0.39, 0.29) is 57.8 Å². The van der Waals surface area contributed by atoms with Crippen LogP contribution in [0.4, 0.5) is 60.5 Å². The monoisotopic (exact) mass is 1920 g/mol. The molecular formula is C109H119F2N21O8S. The average molecular weight is 1920 g/mol. The maximum absolute atomic E-state index is 13.8. The van der Waals surface area contributed by atoms with Crippen molar-refractivity contribution in [2.45, 2.75) is 140 Å². The van der Waals surface area contributed by atoms with Gasteiger partial charge < -0.3 is 54.1 Å². The van der Waals surface area contributed by atoms with Gasteiger partial charge in [0.1, 0.15) is 44.1 Å². The van der Waals surface area contributed by atoms with E-state index in [4.69, 9.17) is 12.2 Å². The van der Waals surface area contributed by atoms with E-state index in [1.165, 1.54) is 40.9 Å². The number of rotatable bonds is 30. The molecule has 0 saturated carbocycles. The van der Waals surface area contributed by atoms with Gasteiger partial charge in [-0.25, -0.2) is 42.9 Å². The lowest BCUT2D eigenvalue weighted by Gasteiger charge is -2.16. The molecule has 1 unspecified atom stereocenters. The molecule has 0 spiro atoms. The number of para-hydroxylation sites is 4. The molecule has 0 aliphatic rings. The predicted molar refractivity (Wildman–Crippen MR) is 564 cm³/mol. The van der Waals surface area contributed by atoms with Crippen molar-refractivity contribution >= 4 is 108 Å². The zero-order valence-corrected chi connectivity index (χ0v) is 82.7. The molecule has 0 bridgehead atoms. The number of halogens is 2. The van der Waals surface area contributed by atoms with Crippen molar-refractivity contribution in [1.29, 1.82) is 0 Å². The molecule has 0 aliphatic carbocycles. The lowest BCUT2D eigenvalue weighted by molar-refractivity contribution is 0.0174. The van der Waals surface area contributed by atoms with Gasteiger partial charge in [-0.15, -0.1) is 0 Å². The molecule has 18 rings (SSSR count). The molecule has 0 amide bonds. The largest absolute Gasteiger partial charge is 0.394 e. The summed E-state index contributed by atoms with van der Waals surface area (Å²) in [6, 6.07) is 71.1. The quantitative estimate of drug-likeness (QED) is 0.0261. The van der Waals surface area contributed by atoms with Crippen LogP contribution in [0.25, 0.3) is 60.7 Å². The molecular weight excluding hydrogens is 1800 g/mol. The molecule has 0 aliphatic heterocycles. The molecule has 1 atom stereocenters. The highest BCUT2D eigenvalue weighted by Crippen LogP contribution is 2.37. The Hall–Kier alpha value is -15.8. The molecule has 5 N–H and O–H groups in total. The summed E-state index contributed by atoms with van der Waals surface area (Å²) in [7, 11) is 8.79. The minimum Gasteiger partial charge on any atom is -0.394 e. The number of aromatic nitrogens is 16. The summed E-state index contributed by atoms with van der Waals surface area (Å²) in [5, 5.41) is 25.9. The first-order valence-corrected chi connectivity index (χ1v) is 47.6. The summed E-state index contributed by atoms with van der Waals surface area (Å²) in [4.78, 5) is 108. The van der Waals surface area contributed by atoms with Gasteiger partial charge >= 0.3 is 22.8 Å². The number of nitrogens with one attached hydrogen (secondary N) is 4. The summed E-state index contributed by atoms with van der Waals surface area (Å²) in [5.74, 6) is 1.23. The highest BCUT2D eigenvalue weighted by atomic mass is 32.1. The first kappa shape index (κ1) is 99.6. The number of nitrogens with zero attached hydrogens (tertiary/aromatic N) is 17. The van der Waals surface area contributed by atoms with E-state index in [1.54, 1.807) is 77.0 Å². The second-order valence-electron chi connectivity index (χ2n) is 36.8. The average Bonchev–Trinajstić information content (AvgIpc) is 1.56. The Bertz CT molecular complexity index is 7970. The van der Waals surface area contributed by atoms with E-state index in [1.807, 2.05) is 247 Å². The normalized spacial score (nSPS) is 11.7. The van der Waals surface area contributed by atoms with Crippen LogP contribution in [0.1, 0.15) is 109 Å². The standard InChI is InChI=1S/C29H30N6O2.C28H32F2N4O2.C26H26N6O3.C26H31N5OS/c1-4-34-28(36)25-24(35(29(34)37)17-20(2)3)19-33(27(25)32-23-9-6-5-7-10-23)18-21-11-13-22(14-12-21)26-30-15-8-16-31-26;1-6-22-24-23(26(35)32(5)27(36)34(24)16-18(2)3)25(31-21-10-8-7-9-11-21)33(22)17-19-12-14-20(15-13-19)28(4,29)30;1-18(16-33)32-22-15-31(14-19-8-10-21(11-9-19)30-13-12-27-17-30)24(28-20-6-4-3-5-7-20)23(22)25(34)29(2)26(32)35;1-18(2)15-31-22-17-30(16-19-11-13-21(14-12-19)28(3)4)24(27-20-9-7-6-8-10-20)23(22)25(33)29(5)26(31)32/h5-16,19-20,32H,4,17-18H2,1-3H3;7-15,18,31H,6,16-17H2,1-5H3;3-13,15,17-18,28,33H,14,16H2,1-2H3;6-14,17-18,27H,15-16H2,1-5H3. The van der Waals surface area contributed by atoms with E-state index in [0.29, 0.717) is 125 Å². The Labute approximate surface area is 819 Å². The fourth-order valence-electron chi connectivity index (χ4n) is 17.5. The molecule has 29 nitrogen and oxygen atoms in total. The minimum atomic E-state index is -2.92. The van der Waals surface area contributed by atoms with Gasteiger partial charge in [0.15, 0.2) is 5.82 Å². The van der Waals surface area contributed by atoms with E-state index in [0.717, 1.165) is 94.9 Å². The van der Waals surface area contributed by atoms with Gasteiger partial charge in [-0.3, -0.25) is 50.9 Å². The number of benzene rings is 8. The van der Waals surface area contributed by atoms with E-state index in [2.05, 4.69) is 104 Å². The summed E-state index contributed by atoms with van der Waals surface area (Å²) < 4.78 is 50.0. The Morgan fingerprint density at radius 2 is 0.844 bits per heavy atom. The number of aryl methyl sites for hydroxylation is 1. The molecule has 18 aromatic rings. The molecule has 0 saturated heterocycles. The number of anilines is 9. The first-order chi connectivity index (χ1) is 67.7. The smallest absolute Gasteiger partial charge is 0.331 e. The van der Waals surface area contributed by atoms with Crippen LogP contribution >= 0.6 is 12.2 Å². The highest BCUT2D eigenvalue weighted by Gasteiger charge is 2.30. The third-order valence-corrected chi connectivity index (χ3v) is 25.1. The van der Waals surface area contributed by atoms with Crippen LogP contribution in [-0.4, -0.2) is 100 Å². The van der Waals surface area contributed by atoms with Crippen molar-refractivity contribution in [2.24, 2.45) is 38.9 Å². The SMILES string of the molecule is CC(C)Cn1c(=O)n(C)c(=S)c2c(Nc3ccccc3)n(Cc3ccc(N(C)C)cc3)cc21.CC(CO)n1c(=O)n(C)c(=O)c2c(Nc3ccccc3)n(Cc3ccc(-n4ccnc4)cc3)cc21.CCc1c2c(c(Nc3ccccc3)n1Cc1ccc(C(C)(F)F)cc1)c(=O)n(C)c(=O)n2CC(C)C.CCn1c(=O)c2c(Nc3ccccc3)n(Cc3ccc(-c4ncccn4)cc3)cc2n(CC(C)C)c1=O. The van der Waals surface area contributed by atoms with Crippen LogP contribution in [0, 0.1) is 22.4 Å². The van der Waals surface area contributed by atoms with Crippen molar-refractivity contribution in [3.8, 4) is 17.1 Å². The Balaban J connectivity index is 0.000000142. The van der Waals surface area contributed by atoms with Crippen LogP contribution < -0.4 is 65.6 Å². The van der Waals surface area contributed by atoms with Gasteiger partial charge in [0.05, 0.1) is 46.4 Å². The zero-order chi connectivity index (χ0) is 100.